The summed E-state index contributed by atoms with van der Waals surface area (Å²) in [6, 6.07) is 78.2. The van der Waals surface area contributed by atoms with Crippen molar-refractivity contribution in [1.29, 1.82) is 0 Å². The Bertz CT molecular complexity index is 3390. The average Bonchev–Trinajstić information content (AvgIpc) is 3.75. The zero-order valence-corrected chi connectivity index (χ0v) is 32.4. The Labute approximate surface area is 343 Å². The maximum atomic E-state index is 4.99. The first-order valence-electron chi connectivity index (χ1n) is 20.5. The molecule has 0 radical (unpaired) electrons. The van der Waals surface area contributed by atoms with Crippen LogP contribution in [0.1, 0.15) is 11.1 Å². The van der Waals surface area contributed by atoms with Gasteiger partial charge in [-0.3, -0.25) is 4.99 Å². The zero-order chi connectivity index (χ0) is 38.9. The van der Waals surface area contributed by atoms with Gasteiger partial charge in [0.1, 0.15) is 0 Å². The Balaban J connectivity index is 1.13. The Hall–Kier alpha value is -7.61. The van der Waals surface area contributed by atoms with Gasteiger partial charge in [0.05, 0.1) is 11.4 Å². The van der Waals surface area contributed by atoms with Crippen molar-refractivity contribution < 1.29 is 0 Å². The number of aliphatic imine (C=N–C) groups is 1. The zero-order valence-electron chi connectivity index (χ0n) is 32.4. The second-order valence-corrected chi connectivity index (χ2v) is 15.7. The van der Waals surface area contributed by atoms with Crippen LogP contribution in [0, 0.1) is 0 Å². The maximum Gasteiger partial charge on any atom is 0.0669 e. The SMILES string of the molecule is c1ccc(-c2cc3ccccc3cc2-c2c3ccccc3c(-c3c4ccccc4c(-c4ccc(C5=Nc6ccccc6C5)cc4)c4ccccc34)c3ccccc23)cc1. The van der Waals surface area contributed by atoms with Crippen LogP contribution in [-0.2, 0) is 6.42 Å². The van der Waals surface area contributed by atoms with Gasteiger partial charge < -0.3 is 0 Å². The van der Waals surface area contributed by atoms with Crippen LogP contribution in [0.5, 0.6) is 0 Å². The normalized spacial score (nSPS) is 12.4. The van der Waals surface area contributed by atoms with Crippen LogP contribution in [-0.4, -0.2) is 5.71 Å². The number of nitrogens with zero attached hydrogens (tertiary/aromatic N) is 1. The van der Waals surface area contributed by atoms with E-state index in [1.807, 2.05) is 0 Å². The van der Waals surface area contributed by atoms with Gasteiger partial charge in [-0.25, -0.2) is 0 Å². The Kier molecular flexibility index (Phi) is 7.68. The molecule has 0 saturated heterocycles. The highest BCUT2D eigenvalue weighted by Crippen LogP contribution is 2.51. The van der Waals surface area contributed by atoms with E-state index in [2.05, 4.69) is 212 Å². The van der Waals surface area contributed by atoms with E-state index in [0.29, 0.717) is 0 Å². The predicted octanol–water partition coefficient (Wildman–Crippen LogP) is 15.8. The van der Waals surface area contributed by atoms with E-state index in [0.717, 1.165) is 17.8 Å². The summed E-state index contributed by atoms with van der Waals surface area (Å²) in [6.45, 7) is 0. The van der Waals surface area contributed by atoms with Gasteiger partial charge in [0.25, 0.3) is 0 Å². The summed E-state index contributed by atoms with van der Waals surface area (Å²) in [5.41, 5.74) is 14.7. The molecule has 0 bridgehead atoms. The monoisotopic (exact) mass is 747 g/mol. The number of benzene rings is 11. The lowest BCUT2D eigenvalue weighted by Crippen LogP contribution is -2.00. The maximum absolute atomic E-state index is 4.99. The first-order valence-corrected chi connectivity index (χ1v) is 20.5. The number of rotatable bonds is 5. The molecule has 1 nitrogen and oxygen atoms in total. The molecular formula is C58H37N. The molecule has 1 heteroatoms. The quantitative estimate of drug-likeness (QED) is 0.156. The van der Waals surface area contributed by atoms with Gasteiger partial charge in [0.2, 0.25) is 0 Å². The topological polar surface area (TPSA) is 12.4 Å². The predicted molar refractivity (Wildman–Crippen MR) is 252 cm³/mol. The van der Waals surface area contributed by atoms with Crippen molar-refractivity contribution in [3.63, 3.8) is 0 Å². The summed E-state index contributed by atoms with van der Waals surface area (Å²) in [7, 11) is 0. The lowest BCUT2D eigenvalue weighted by Gasteiger charge is -2.23. The second kappa shape index (κ2) is 13.5. The van der Waals surface area contributed by atoms with Gasteiger partial charge in [0.15, 0.2) is 0 Å². The van der Waals surface area contributed by atoms with Crippen molar-refractivity contribution in [3.05, 3.63) is 223 Å². The van der Waals surface area contributed by atoms with Gasteiger partial charge in [-0.15, -0.1) is 0 Å². The minimum absolute atomic E-state index is 0.866. The highest BCUT2D eigenvalue weighted by Gasteiger charge is 2.24. The van der Waals surface area contributed by atoms with E-state index in [1.54, 1.807) is 0 Å². The van der Waals surface area contributed by atoms with Gasteiger partial charge in [-0.05, 0) is 128 Å². The van der Waals surface area contributed by atoms with Crippen molar-refractivity contribution in [2.75, 3.05) is 0 Å². The molecule has 0 atom stereocenters. The van der Waals surface area contributed by atoms with E-state index in [1.165, 1.54) is 109 Å². The standard InChI is InChI=1S/C58H37N/c1-2-16-37(17-3-1)51-34-40-18-4-5-19-41(40)35-52(51)56-45-23-9-13-27-49(45)58(50-28-14-10-24-46(50)56)57-47-25-11-7-21-43(47)55(44-22-8-12-26-48(44)57)39-32-30-38(31-33-39)54-36-42-20-6-15-29-53(42)59-54/h1-35H,36H2. The van der Waals surface area contributed by atoms with Gasteiger partial charge in [0, 0.05) is 6.42 Å². The van der Waals surface area contributed by atoms with E-state index in [4.69, 9.17) is 4.99 Å². The van der Waals surface area contributed by atoms with Crippen LogP contribution in [0.2, 0.25) is 0 Å². The molecule has 59 heavy (non-hydrogen) atoms. The molecule has 0 amide bonds. The van der Waals surface area contributed by atoms with E-state index < -0.39 is 0 Å². The van der Waals surface area contributed by atoms with Crippen LogP contribution >= 0.6 is 0 Å². The summed E-state index contributed by atoms with van der Waals surface area (Å²) >= 11 is 0. The van der Waals surface area contributed by atoms with Crippen molar-refractivity contribution in [2.45, 2.75) is 6.42 Å². The minimum Gasteiger partial charge on any atom is -0.252 e. The highest BCUT2D eigenvalue weighted by molar-refractivity contribution is 6.30. The minimum atomic E-state index is 0.866. The van der Waals surface area contributed by atoms with E-state index in [-0.39, 0.29) is 0 Å². The van der Waals surface area contributed by atoms with Crippen LogP contribution in [0.15, 0.2) is 217 Å². The summed E-state index contributed by atoms with van der Waals surface area (Å²) in [5.74, 6) is 0. The molecule has 0 fully saturated rings. The summed E-state index contributed by atoms with van der Waals surface area (Å²) in [5, 5.41) is 12.5. The molecule has 0 unspecified atom stereocenters. The fraction of sp³-hybridized carbons (Fsp3) is 0.0172. The first-order chi connectivity index (χ1) is 29.3. The molecular weight excluding hydrogens is 711 g/mol. The molecule has 1 aliphatic rings. The second-order valence-electron chi connectivity index (χ2n) is 15.7. The van der Waals surface area contributed by atoms with Crippen molar-refractivity contribution >= 4 is 65.3 Å². The third kappa shape index (κ3) is 5.36. The van der Waals surface area contributed by atoms with Gasteiger partial charge >= 0.3 is 0 Å². The lowest BCUT2D eigenvalue weighted by molar-refractivity contribution is 1.39. The third-order valence-electron chi connectivity index (χ3n) is 12.5. The number of para-hydroxylation sites is 1. The van der Waals surface area contributed by atoms with Crippen molar-refractivity contribution in [1.82, 2.24) is 0 Å². The molecule has 1 aliphatic heterocycles. The molecule has 11 aromatic carbocycles. The summed E-state index contributed by atoms with van der Waals surface area (Å²) in [4.78, 5) is 4.99. The number of hydrogen-bond donors (Lipinski definition) is 0. The van der Waals surface area contributed by atoms with Crippen LogP contribution in [0.25, 0.3) is 98.4 Å². The Morgan fingerprint density at radius 3 is 1.22 bits per heavy atom. The molecule has 1 heterocycles. The van der Waals surface area contributed by atoms with Crippen LogP contribution in [0.4, 0.5) is 5.69 Å². The molecule has 0 saturated carbocycles. The largest absolute Gasteiger partial charge is 0.252 e. The third-order valence-corrected chi connectivity index (χ3v) is 12.5. The van der Waals surface area contributed by atoms with E-state index in [9.17, 15) is 0 Å². The lowest BCUT2D eigenvalue weighted by atomic mass is 9.80. The molecule has 274 valence electrons. The molecule has 0 spiro atoms. The van der Waals surface area contributed by atoms with Gasteiger partial charge in [-0.1, -0.05) is 194 Å². The van der Waals surface area contributed by atoms with Crippen LogP contribution < -0.4 is 0 Å². The fourth-order valence-electron chi connectivity index (χ4n) is 9.83. The number of hydrogen-bond acceptors (Lipinski definition) is 1. The smallest absolute Gasteiger partial charge is 0.0669 e. The summed E-state index contributed by atoms with van der Waals surface area (Å²) in [6.07, 6.45) is 0.866. The molecule has 11 aromatic rings. The number of fused-ring (bicyclic) bond motifs is 6. The fourth-order valence-corrected chi connectivity index (χ4v) is 9.83. The summed E-state index contributed by atoms with van der Waals surface area (Å²) < 4.78 is 0. The molecule has 0 aliphatic carbocycles. The van der Waals surface area contributed by atoms with Crippen molar-refractivity contribution in [3.8, 4) is 44.5 Å². The Morgan fingerprint density at radius 1 is 0.288 bits per heavy atom. The average molecular weight is 748 g/mol. The molecule has 0 aromatic heterocycles. The van der Waals surface area contributed by atoms with Crippen LogP contribution in [0.3, 0.4) is 0 Å². The molecule has 12 rings (SSSR count). The van der Waals surface area contributed by atoms with Gasteiger partial charge in [-0.2, -0.15) is 0 Å². The first kappa shape index (κ1) is 33.5. The Morgan fingerprint density at radius 2 is 0.695 bits per heavy atom. The van der Waals surface area contributed by atoms with Crippen molar-refractivity contribution in [2.24, 2.45) is 4.99 Å². The highest BCUT2D eigenvalue weighted by atomic mass is 14.8. The van der Waals surface area contributed by atoms with E-state index >= 15 is 0 Å². The molecule has 0 N–H and O–H groups in total.